The Morgan fingerprint density at radius 1 is 1.29 bits per heavy atom. The van der Waals surface area contributed by atoms with Crippen LogP contribution in [-0.4, -0.2) is 33.4 Å². The first-order chi connectivity index (χ1) is 8.04. The van der Waals surface area contributed by atoms with Gasteiger partial charge in [-0.05, 0) is 6.92 Å². The summed E-state index contributed by atoms with van der Waals surface area (Å²) in [7, 11) is 0. The van der Waals surface area contributed by atoms with Crippen molar-refractivity contribution in [1.82, 2.24) is 10.0 Å². The molecule has 0 radical (unpaired) electrons. The number of nitrogens with zero attached hydrogens (tertiary/aromatic N) is 1. The maximum Gasteiger partial charge on any atom is 0.333 e. The molecule has 17 heavy (non-hydrogen) atoms. The normalized spacial score (nSPS) is 9.94. The zero-order chi connectivity index (χ0) is 12.8. The number of aromatic hydroxyl groups is 2. The van der Waals surface area contributed by atoms with Gasteiger partial charge in [0.05, 0.1) is 6.42 Å². The lowest BCUT2D eigenvalue weighted by atomic mass is 10.3. The van der Waals surface area contributed by atoms with Crippen LogP contribution in [0, 0.1) is 0 Å². The third-order valence-corrected chi connectivity index (χ3v) is 1.92. The lowest BCUT2D eigenvalue weighted by molar-refractivity contribution is -0.146. The van der Waals surface area contributed by atoms with Crippen molar-refractivity contribution in [3.63, 3.8) is 0 Å². The van der Waals surface area contributed by atoms with Crippen molar-refractivity contribution in [3.8, 4) is 11.8 Å². The molecule has 0 fully saturated rings. The molecule has 0 spiro atoms. The molecule has 0 bridgehead atoms. The summed E-state index contributed by atoms with van der Waals surface area (Å²) in [5.41, 5.74) is 0. The van der Waals surface area contributed by atoms with Crippen LogP contribution >= 0.6 is 0 Å². The third kappa shape index (κ3) is 3.71. The van der Waals surface area contributed by atoms with Gasteiger partial charge in [0, 0.05) is 25.1 Å². The molecule has 0 aliphatic carbocycles. The summed E-state index contributed by atoms with van der Waals surface area (Å²) in [6.45, 7) is 2.26. The molecule has 0 atom stereocenters. The Morgan fingerprint density at radius 2 is 1.88 bits per heavy atom. The van der Waals surface area contributed by atoms with E-state index in [9.17, 15) is 19.8 Å². The summed E-state index contributed by atoms with van der Waals surface area (Å²) >= 11 is 0. The SMILES string of the molecule is CCNC(=O)CCC(=O)On1c(O)ccc1O. The zero-order valence-corrected chi connectivity index (χ0v) is 9.34. The van der Waals surface area contributed by atoms with E-state index < -0.39 is 17.7 Å². The van der Waals surface area contributed by atoms with Gasteiger partial charge in [-0.15, -0.1) is 4.73 Å². The largest absolute Gasteiger partial charge is 0.492 e. The lowest BCUT2D eigenvalue weighted by Crippen LogP contribution is -2.25. The predicted molar refractivity (Wildman–Crippen MR) is 57.3 cm³/mol. The van der Waals surface area contributed by atoms with Crippen LogP contribution in [-0.2, 0) is 9.59 Å². The van der Waals surface area contributed by atoms with Crippen LogP contribution < -0.4 is 10.2 Å². The number of aromatic nitrogens is 1. The molecule has 1 heterocycles. The van der Waals surface area contributed by atoms with Gasteiger partial charge in [-0.25, -0.2) is 4.79 Å². The highest BCUT2D eigenvalue weighted by atomic mass is 16.7. The van der Waals surface area contributed by atoms with E-state index >= 15 is 0 Å². The van der Waals surface area contributed by atoms with E-state index in [1.165, 1.54) is 12.1 Å². The maximum atomic E-state index is 11.3. The minimum absolute atomic E-state index is 0.00450. The topological polar surface area (TPSA) is 101 Å². The van der Waals surface area contributed by atoms with Crippen molar-refractivity contribution in [2.24, 2.45) is 0 Å². The Bertz CT molecular complexity index is 393. The van der Waals surface area contributed by atoms with E-state index in [4.69, 9.17) is 0 Å². The van der Waals surface area contributed by atoms with E-state index in [1.54, 1.807) is 6.92 Å². The summed E-state index contributed by atoms with van der Waals surface area (Å²) < 4.78 is 0.583. The molecule has 3 N–H and O–H groups in total. The van der Waals surface area contributed by atoms with Crippen LogP contribution in [0.4, 0.5) is 0 Å². The number of nitrogens with one attached hydrogen (secondary N) is 1. The van der Waals surface area contributed by atoms with Crippen molar-refractivity contribution in [3.05, 3.63) is 12.1 Å². The average molecular weight is 242 g/mol. The van der Waals surface area contributed by atoms with Gasteiger partial charge in [-0.3, -0.25) is 4.79 Å². The first-order valence-corrected chi connectivity index (χ1v) is 5.12. The van der Waals surface area contributed by atoms with Gasteiger partial charge < -0.3 is 20.4 Å². The molecule has 1 aromatic heterocycles. The van der Waals surface area contributed by atoms with Gasteiger partial charge >= 0.3 is 5.97 Å². The summed E-state index contributed by atoms with van der Waals surface area (Å²) in [6, 6.07) is 2.35. The number of carbonyl (C=O) groups is 2. The van der Waals surface area contributed by atoms with Gasteiger partial charge in [-0.1, -0.05) is 0 Å². The van der Waals surface area contributed by atoms with Crippen LogP contribution in [0.25, 0.3) is 0 Å². The van der Waals surface area contributed by atoms with E-state index in [2.05, 4.69) is 10.2 Å². The van der Waals surface area contributed by atoms with Crippen LogP contribution in [0.1, 0.15) is 19.8 Å². The Hall–Kier alpha value is -2.18. The first kappa shape index (κ1) is 12.9. The Morgan fingerprint density at radius 3 is 2.41 bits per heavy atom. The van der Waals surface area contributed by atoms with Crippen LogP contribution in [0.15, 0.2) is 12.1 Å². The molecule has 1 aromatic rings. The van der Waals surface area contributed by atoms with Crippen LogP contribution in [0.2, 0.25) is 0 Å². The molecule has 0 aliphatic rings. The molecule has 0 saturated heterocycles. The van der Waals surface area contributed by atoms with Gasteiger partial charge in [0.1, 0.15) is 0 Å². The molecule has 0 saturated carbocycles. The fourth-order valence-electron chi connectivity index (χ4n) is 1.14. The van der Waals surface area contributed by atoms with Gasteiger partial charge in [0.25, 0.3) is 0 Å². The quantitative estimate of drug-likeness (QED) is 0.662. The van der Waals surface area contributed by atoms with E-state index in [-0.39, 0.29) is 18.7 Å². The van der Waals surface area contributed by atoms with E-state index in [1.807, 2.05) is 0 Å². The van der Waals surface area contributed by atoms with Crippen molar-refractivity contribution in [2.45, 2.75) is 19.8 Å². The molecule has 0 aromatic carbocycles. The predicted octanol–water partition coefficient (Wildman–Crippen LogP) is -0.229. The lowest BCUT2D eigenvalue weighted by Gasteiger charge is -2.06. The first-order valence-electron chi connectivity index (χ1n) is 5.12. The van der Waals surface area contributed by atoms with Crippen molar-refractivity contribution in [2.75, 3.05) is 6.54 Å². The molecule has 0 unspecified atom stereocenters. The summed E-state index contributed by atoms with van der Waals surface area (Å²) in [4.78, 5) is 27.0. The van der Waals surface area contributed by atoms with Crippen molar-refractivity contribution >= 4 is 11.9 Å². The number of carbonyl (C=O) groups excluding carboxylic acids is 2. The summed E-state index contributed by atoms with van der Waals surface area (Å²) in [6.07, 6.45) is -0.141. The average Bonchev–Trinajstić information content (AvgIpc) is 2.58. The monoisotopic (exact) mass is 242 g/mol. The minimum Gasteiger partial charge on any atom is -0.492 e. The van der Waals surface area contributed by atoms with Gasteiger partial charge in [-0.2, -0.15) is 0 Å². The second kappa shape index (κ2) is 5.78. The third-order valence-electron chi connectivity index (χ3n) is 1.92. The highest BCUT2D eigenvalue weighted by molar-refractivity contribution is 5.81. The minimum atomic E-state index is -0.724. The Labute approximate surface area is 97.6 Å². The zero-order valence-electron chi connectivity index (χ0n) is 9.34. The second-order valence-electron chi connectivity index (χ2n) is 3.26. The van der Waals surface area contributed by atoms with Gasteiger partial charge in [0.15, 0.2) is 0 Å². The number of hydrogen-bond donors (Lipinski definition) is 3. The van der Waals surface area contributed by atoms with E-state index in [0.717, 1.165) is 0 Å². The smallest absolute Gasteiger partial charge is 0.333 e. The highest BCUT2D eigenvalue weighted by Gasteiger charge is 2.13. The fraction of sp³-hybridized carbons (Fsp3) is 0.400. The second-order valence-corrected chi connectivity index (χ2v) is 3.26. The molecular formula is C10H14N2O5. The molecule has 94 valence electrons. The molecule has 1 amide bonds. The number of amides is 1. The molecule has 0 aliphatic heterocycles. The highest BCUT2D eigenvalue weighted by Crippen LogP contribution is 2.18. The van der Waals surface area contributed by atoms with Crippen LogP contribution in [0.5, 0.6) is 11.8 Å². The molecule has 1 rings (SSSR count). The molecule has 7 heteroatoms. The molecule has 7 nitrogen and oxygen atoms in total. The Balaban J connectivity index is 2.43. The summed E-state index contributed by atoms with van der Waals surface area (Å²) in [5, 5.41) is 20.9. The van der Waals surface area contributed by atoms with Gasteiger partial charge in [0.2, 0.25) is 17.7 Å². The van der Waals surface area contributed by atoms with Crippen LogP contribution in [0.3, 0.4) is 0 Å². The molecular weight excluding hydrogens is 228 g/mol. The maximum absolute atomic E-state index is 11.3. The Kier molecular flexibility index (Phi) is 4.38. The van der Waals surface area contributed by atoms with Crippen molar-refractivity contribution < 1.29 is 24.6 Å². The number of rotatable bonds is 5. The van der Waals surface area contributed by atoms with E-state index in [0.29, 0.717) is 11.3 Å². The summed E-state index contributed by atoms with van der Waals surface area (Å²) in [5.74, 6) is -1.77. The standard InChI is InChI=1S/C10H14N2O5/c1-2-11-7(13)3-6-10(16)17-12-8(14)4-5-9(12)15/h4-5,14-15H,2-3,6H2,1H3,(H,11,13). The van der Waals surface area contributed by atoms with Crippen molar-refractivity contribution in [1.29, 1.82) is 0 Å². The fourth-order valence-corrected chi connectivity index (χ4v) is 1.14. The number of hydrogen-bond acceptors (Lipinski definition) is 5.